The molecule has 0 fully saturated rings. The molecule has 1 amide bonds. The number of carboxylic acid groups (broad SMARTS) is 1. The average molecular weight is 312 g/mol. The van der Waals surface area contributed by atoms with E-state index in [4.69, 9.17) is 28.3 Å². The van der Waals surface area contributed by atoms with Crippen LogP contribution >= 0.6 is 23.2 Å². The van der Waals surface area contributed by atoms with Crippen molar-refractivity contribution in [2.45, 2.75) is 0 Å². The first-order chi connectivity index (χ1) is 9.47. The van der Waals surface area contributed by atoms with E-state index in [9.17, 15) is 9.59 Å². The highest BCUT2D eigenvalue weighted by Crippen LogP contribution is 2.19. The molecule has 0 radical (unpaired) electrons. The number of nitrogens with zero attached hydrogens (tertiary/aromatic N) is 2. The van der Waals surface area contributed by atoms with Crippen molar-refractivity contribution < 1.29 is 14.7 Å². The molecule has 2 rings (SSSR count). The number of carboxylic acids is 1. The van der Waals surface area contributed by atoms with Gasteiger partial charge in [-0.1, -0.05) is 23.2 Å². The van der Waals surface area contributed by atoms with Crippen molar-refractivity contribution in [2.24, 2.45) is 0 Å². The van der Waals surface area contributed by atoms with Crippen molar-refractivity contribution in [3.05, 3.63) is 52.0 Å². The first-order valence-corrected chi connectivity index (χ1v) is 6.04. The summed E-state index contributed by atoms with van der Waals surface area (Å²) in [4.78, 5) is 30.0. The van der Waals surface area contributed by atoms with Crippen molar-refractivity contribution in [3.8, 4) is 0 Å². The van der Waals surface area contributed by atoms with Crippen molar-refractivity contribution in [2.75, 3.05) is 5.32 Å². The standard InChI is InChI=1S/C12H7Cl2N3O3/c13-8-5-16-10(14)3-7(8)11(18)17-6-1-2-9(12(19)20)15-4-6/h1-5H,(H,17,18)(H,19,20). The summed E-state index contributed by atoms with van der Waals surface area (Å²) in [6, 6.07) is 4.03. The highest BCUT2D eigenvalue weighted by atomic mass is 35.5. The molecule has 0 atom stereocenters. The lowest BCUT2D eigenvalue weighted by Crippen LogP contribution is -2.13. The smallest absolute Gasteiger partial charge is 0.354 e. The molecular weight excluding hydrogens is 305 g/mol. The molecule has 2 N–H and O–H groups in total. The fourth-order valence-corrected chi connectivity index (χ4v) is 1.73. The van der Waals surface area contributed by atoms with Crippen LogP contribution in [0.3, 0.4) is 0 Å². The fourth-order valence-electron chi connectivity index (χ4n) is 1.38. The molecule has 8 heteroatoms. The van der Waals surface area contributed by atoms with Crippen LogP contribution < -0.4 is 5.32 Å². The third-order valence-electron chi connectivity index (χ3n) is 2.31. The number of aromatic nitrogens is 2. The second kappa shape index (κ2) is 5.85. The zero-order chi connectivity index (χ0) is 14.7. The molecule has 102 valence electrons. The Balaban J connectivity index is 2.19. The van der Waals surface area contributed by atoms with Gasteiger partial charge >= 0.3 is 5.97 Å². The van der Waals surface area contributed by atoms with Gasteiger partial charge in [0.05, 0.1) is 22.5 Å². The Bertz CT molecular complexity index is 674. The highest BCUT2D eigenvalue weighted by molar-refractivity contribution is 6.35. The van der Waals surface area contributed by atoms with Gasteiger partial charge in [-0.05, 0) is 18.2 Å². The van der Waals surface area contributed by atoms with E-state index in [1.165, 1.54) is 30.6 Å². The maximum Gasteiger partial charge on any atom is 0.354 e. The van der Waals surface area contributed by atoms with Crippen LogP contribution in [-0.2, 0) is 0 Å². The van der Waals surface area contributed by atoms with E-state index in [0.29, 0.717) is 5.69 Å². The van der Waals surface area contributed by atoms with Crippen molar-refractivity contribution >= 4 is 40.8 Å². The van der Waals surface area contributed by atoms with E-state index < -0.39 is 11.9 Å². The van der Waals surface area contributed by atoms with Gasteiger partial charge in [0.2, 0.25) is 0 Å². The number of rotatable bonds is 3. The number of carbonyl (C=O) groups excluding carboxylic acids is 1. The summed E-state index contributed by atoms with van der Waals surface area (Å²) in [5, 5.41) is 11.5. The molecule has 2 heterocycles. The monoisotopic (exact) mass is 311 g/mol. The average Bonchev–Trinajstić information content (AvgIpc) is 2.42. The minimum absolute atomic E-state index is 0.118. The quantitative estimate of drug-likeness (QED) is 0.850. The molecule has 0 saturated heterocycles. The van der Waals surface area contributed by atoms with Gasteiger partial charge in [-0.3, -0.25) is 4.79 Å². The summed E-state index contributed by atoms with van der Waals surface area (Å²) in [6.45, 7) is 0. The number of hydrogen-bond acceptors (Lipinski definition) is 4. The Labute approximate surface area is 123 Å². The molecule has 20 heavy (non-hydrogen) atoms. The maximum atomic E-state index is 12.0. The lowest BCUT2D eigenvalue weighted by molar-refractivity contribution is 0.0690. The van der Waals surface area contributed by atoms with Gasteiger partial charge < -0.3 is 10.4 Å². The van der Waals surface area contributed by atoms with Crippen LogP contribution in [0.15, 0.2) is 30.6 Å². The summed E-state index contributed by atoms with van der Waals surface area (Å²) in [5.41, 5.74) is 0.381. The number of hydrogen-bond donors (Lipinski definition) is 2. The van der Waals surface area contributed by atoms with Gasteiger partial charge in [0.25, 0.3) is 5.91 Å². The number of pyridine rings is 2. The summed E-state index contributed by atoms with van der Waals surface area (Å²) >= 11 is 11.5. The molecule has 0 aliphatic heterocycles. The molecular formula is C12H7Cl2N3O3. The topological polar surface area (TPSA) is 92.2 Å². The van der Waals surface area contributed by atoms with Gasteiger partial charge in [0.1, 0.15) is 10.8 Å². The van der Waals surface area contributed by atoms with Crippen molar-refractivity contribution in [3.63, 3.8) is 0 Å². The number of halogens is 2. The summed E-state index contributed by atoms with van der Waals surface area (Å²) < 4.78 is 0. The van der Waals surface area contributed by atoms with E-state index in [1.807, 2.05) is 0 Å². The maximum absolute atomic E-state index is 12.0. The van der Waals surface area contributed by atoms with E-state index in [2.05, 4.69) is 15.3 Å². The third-order valence-corrected chi connectivity index (χ3v) is 2.81. The predicted molar refractivity (Wildman–Crippen MR) is 73.4 cm³/mol. The number of nitrogens with one attached hydrogen (secondary N) is 1. The Morgan fingerprint density at radius 2 is 1.90 bits per heavy atom. The van der Waals surface area contributed by atoms with Gasteiger partial charge in [-0.2, -0.15) is 0 Å². The Kier molecular flexibility index (Phi) is 4.16. The van der Waals surface area contributed by atoms with Gasteiger partial charge in [-0.15, -0.1) is 0 Å². The fraction of sp³-hybridized carbons (Fsp3) is 0. The minimum Gasteiger partial charge on any atom is -0.477 e. The van der Waals surface area contributed by atoms with E-state index in [-0.39, 0.29) is 21.4 Å². The molecule has 6 nitrogen and oxygen atoms in total. The number of aromatic carboxylic acids is 1. The zero-order valence-corrected chi connectivity index (χ0v) is 11.3. The molecule has 0 aliphatic rings. The molecule has 0 aliphatic carbocycles. The van der Waals surface area contributed by atoms with E-state index in [1.54, 1.807) is 0 Å². The minimum atomic E-state index is -1.15. The van der Waals surface area contributed by atoms with Crippen LogP contribution in [0.1, 0.15) is 20.8 Å². The van der Waals surface area contributed by atoms with Crippen LogP contribution in [0.25, 0.3) is 0 Å². The van der Waals surface area contributed by atoms with E-state index in [0.717, 1.165) is 0 Å². The lowest BCUT2D eigenvalue weighted by atomic mass is 10.2. The molecule has 0 aromatic carbocycles. The van der Waals surface area contributed by atoms with Crippen LogP contribution in [0.4, 0.5) is 5.69 Å². The first-order valence-electron chi connectivity index (χ1n) is 5.29. The Hall–Kier alpha value is -2.18. The largest absolute Gasteiger partial charge is 0.477 e. The van der Waals surface area contributed by atoms with Gasteiger partial charge in [0.15, 0.2) is 0 Å². The zero-order valence-electron chi connectivity index (χ0n) is 9.80. The lowest BCUT2D eigenvalue weighted by Gasteiger charge is -2.06. The third kappa shape index (κ3) is 3.23. The molecule has 2 aromatic rings. The number of carbonyl (C=O) groups is 2. The van der Waals surface area contributed by atoms with Crippen LogP contribution in [-0.4, -0.2) is 27.0 Å². The molecule has 0 saturated carbocycles. The van der Waals surface area contributed by atoms with E-state index >= 15 is 0 Å². The predicted octanol–water partition coefficient (Wildman–Crippen LogP) is 2.73. The van der Waals surface area contributed by atoms with Gasteiger partial charge in [0, 0.05) is 6.20 Å². The van der Waals surface area contributed by atoms with Crippen LogP contribution in [0.5, 0.6) is 0 Å². The second-order valence-corrected chi connectivity index (χ2v) is 4.47. The SMILES string of the molecule is O=C(O)c1ccc(NC(=O)c2cc(Cl)ncc2Cl)cn1. The van der Waals surface area contributed by atoms with Crippen molar-refractivity contribution in [1.29, 1.82) is 0 Å². The Morgan fingerprint density at radius 3 is 2.50 bits per heavy atom. The van der Waals surface area contributed by atoms with Crippen LogP contribution in [0.2, 0.25) is 10.2 Å². The summed E-state index contributed by atoms with van der Waals surface area (Å²) in [6.07, 6.45) is 2.50. The van der Waals surface area contributed by atoms with Crippen LogP contribution in [0, 0.1) is 0 Å². The molecule has 0 unspecified atom stereocenters. The molecule has 0 spiro atoms. The highest BCUT2D eigenvalue weighted by Gasteiger charge is 2.12. The normalized spacial score (nSPS) is 10.1. The molecule has 2 aromatic heterocycles. The van der Waals surface area contributed by atoms with Gasteiger partial charge in [-0.25, -0.2) is 14.8 Å². The summed E-state index contributed by atoms with van der Waals surface area (Å²) in [7, 11) is 0. The Morgan fingerprint density at radius 1 is 1.15 bits per heavy atom. The number of amides is 1. The summed E-state index contributed by atoms with van der Waals surface area (Å²) in [5.74, 6) is -1.64. The van der Waals surface area contributed by atoms with Crippen molar-refractivity contribution in [1.82, 2.24) is 9.97 Å². The molecule has 0 bridgehead atoms. The number of anilines is 1. The second-order valence-electron chi connectivity index (χ2n) is 3.68. The first kappa shape index (κ1) is 14.2.